The maximum Gasteiger partial charge on any atom is 0.237 e. The highest BCUT2D eigenvalue weighted by Crippen LogP contribution is 2.44. The van der Waals surface area contributed by atoms with Crippen LogP contribution >= 0.6 is 0 Å². The van der Waals surface area contributed by atoms with Crippen LogP contribution < -0.4 is 4.90 Å². The van der Waals surface area contributed by atoms with Crippen molar-refractivity contribution in [2.75, 3.05) is 4.90 Å². The fraction of sp³-hybridized carbons (Fsp3) is 0.438. The number of Topliss-reactive ketones (excluding diaryl/α,β-unsaturated/α-hetero) is 1. The van der Waals surface area contributed by atoms with Gasteiger partial charge in [-0.25, -0.2) is 0 Å². The van der Waals surface area contributed by atoms with Gasteiger partial charge in [0.1, 0.15) is 0 Å². The summed E-state index contributed by atoms with van der Waals surface area (Å²) in [7, 11) is 0. The molecule has 1 aliphatic heterocycles. The van der Waals surface area contributed by atoms with Gasteiger partial charge in [-0.15, -0.1) is 0 Å². The first kappa shape index (κ1) is 13.0. The molecule has 2 amide bonds. The van der Waals surface area contributed by atoms with E-state index in [9.17, 15) is 14.4 Å². The number of carbonyl (C=O) groups is 3. The molecule has 2 fully saturated rings. The molecule has 0 spiro atoms. The van der Waals surface area contributed by atoms with Crippen LogP contribution in [0.25, 0.3) is 0 Å². The van der Waals surface area contributed by atoms with Gasteiger partial charge in [0.25, 0.3) is 0 Å². The Morgan fingerprint density at radius 3 is 2.00 bits per heavy atom. The van der Waals surface area contributed by atoms with Gasteiger partial charge in [0.2, 0.25) is 11.8 Å². The molecule has 0 N–H and O–H groups in total. The average molecular weight is 271 g/mol. The quantitative estimate of drug-likeness (QED) is 0.613. The molecule has 104 valence electrons. The van der Waals surface area contributed by atoms with Crippen molar-refractivity contribution < 1.29 is 14.4 Å². The van der Waals surface area contributed by atoms with E-state index < -0.39 is 0 Å². The zero-order valence-electron chi connectivity index (χ0n) is 11.6. The fourth-order valence-electron chi connectivity index (χ4n) is 3.38. The fourth-order valence-corrected chi connectivity index (χ4v) is 3.38. The SMILES string of the molecule is CC(=O)c1ccc(N2C(=O)C3CC(C)CC3C2=O)cc1. The molecule has 2 aliphatic rings. The third-order valence-corrected chi connectivity index (χ3v) is 4.41. The van der Waals surface area contributed by atoms with Crippen molar-refractivity contribution in [3.8, 4) is 0 Å². The number of amides is 2. The Morgan fingerprint density at radius 1 is 1.05 bits per heavy atom. The van der Waals surface area contributed by atoms with Crippen LogP contribution in [0.1, 0.15) is 37.0 Å². The number of nitrogens with zero attached hydrogens (tertiary/aromatic N) is 1. The molecule has 2 unspecified atom stereocenters. The Morgan fingerprint density at radius 2 is 1.55 bits per heavy atom. The smallest absolute Gasteiger partial charge is 0.237 e. The lowest BCUT2D eigenvalue weighted by Gasteiger charge is -2.17. The van der Waals surface area contributed by atoms with E-state index in [2.05, 4.69) is 6.92 Å². The Kier molecular flexibility index (Phi) is 2.96. The number of fused-ring (bicyclic) bond motifs is 1. The lowest BCUT2D eigenvalue weighted by molar-refractivity contribution is -0.123. The molecule has 1 saturated carbocycles. The molecule has 2 atom stereocenters. The van der Waals surface area contributed by atoms with Crippen LogP contribution in [-0.2, 0) is 9.59 Å². The molecule has 1 aromatic rings. The van der Waals surface area contributed by atoms with Crippen molar-refractivity contribution in [3.63, 3.8) is 0 Å². The van der Waals surface area contributed by atoms with E-state index in [-0.39, 0.29) is 29.4 Å². The van der Waals surface area contributed by atoms with Crippen LogP contribution in [0.15, 0.2) is 24.3 Å². The Hall–Kier alpha value is -1.97. The molecule has 1 heterocycles. The Labute approximate surface area is 117 Å². The molecular formula is C16H17NO3. The zero-order valence-corrected chi connectivity index (χ0v) is 11.6. The summed E-state index contributed by atoms with van der Waals surface area (Å²) < 4.78 is 0. The van der Waals surface area contributed by atoms with Crippen molar-refractivity contribution >= 4 is 23.3 Å². The molecule has 4 nitrogen and oxygen atoms in total. The van der Waals surface area contributed by atoms with Crippen molar-refractivity contribution in [2.24, 2.45) is 17.8 Å². The van der Waals surface area contributed by atoms with Gasteiger partial charge >= 0.3 is 0 Å². The van der Waals surface area contributed by atoms with Crippen molar-refractivity contribution in [3.05, 3.63) is 29.8 Å². The van der Waals surface area contributed by atoms with Gasteiger partial charge in [0.05, 0.1) is 17.5 Å². The maximum atomic E-state index is 12.4. The molecule has 0 aromatic heterocycles. The Balaban J connectivity index is 1.90. The van der Waals surface area contributed by atoms with Gasteiger partial charge in [-0.05, 0) is 49.9 Å². The van der Waals surface area contributed by atoms with E-state index in [1.54, 1.807) is 24.3 Å². The van der Waals surface area contributed by atoms with Crippen LogP contribution in [0.3, 0.4) is 0 Å². The van der Waals surface area contributed by atoms with Crippen LogP contribution in [-0.4, -0.2) is 17.6 Å². The van der Waals surface area contributed by atoms with Crippen LogP contribution in [0.2, 0.25) is 0 Å². The highest BCUT2D eigenvalue weighted by atomic mass is 16.2. The number of hydrogen-bond acceptors (Lipinski definition) is 3. The monoisotopic (exact) mass is 271 g/mol. The topological polar surface area (TPSA) is 54.5 Å². The zero-order chi connectivity index (χ0) is 14.4. The number of benzene rings is 1. The van der Waals surface area contributed by atoms with Crippen molar-refractivity contribution in [1.82, 2.24) is 0 Å². The molecule has 4 heteroatoms. The highest BCUT2D eigenvalue weighted by Gasteiger charge is 2.52. The van der Waals surface area contributed by atoms with Gasteiger partial charge in [0.15, 0.2) is 5.78 Å². The molecule has 1 aliphatic carbocycles. The van der Waals surface area contributed by atoms with Gasteiger partial charge < -0.3 is 0 Å². The molecule has 3 rings (SSSR count). The second kappa shape index (κ2) is 4.54. The summed E-state index contributed by atoms with van der Waals surface area (Å²) in [6.45, 7) is 3.58. The number of hydrogen-bond donors (Lipinski definition) is 0. The van der Waals surface area contributed by atoms with Gasteiger partial charge in [0, 0.05) is 5.56 Å². The van der Waals surface area contributed by atoms with Gasteiger partial charge in [-0.2, -0.15) is 0 Å². The normalized spacial score (nSPS) is 28.9. The Bertz CT molecular complexity index is 566. The summed E-state index contributed by atoms with van der Waals surface area (Å²) >= 11 is 0. The predicted molar refractivity (Wildman–Crippen MR) is 74.3 cm³/mol. The summed E-state index contributed by atoms with van der Waals surface area (Å²) in [5, 5.41) is 0. The summed E-state index contributed by atoms with van der Waals surface area (Å²) in [6, 6.07) is 6.68. The highest BCUT2D eigenvalue weighted by molar-refractivity contribution is 6.22. The number of ketones is 1. The van der Waals surface area contributed by atoms with Crippen molar-refractivity contribution in [1.29, 1.82) is 0 Å². The lowest BCUT2D eigenvalue weighted by atomic mass is 10.00. The summed E-state index contributed by atoms with van der Waals surface area (Å²) in [4.78, 5) is 37.4. The number of rotatable bonds is 2. The van der Waals surface area contributed by atoms with E-state index in [0.29, 0.717) is 17.2 Å². The van der Waals surface area contributed by atoms with Gasteiger partial charge in [-0.3, -0.25) is 19.3 Å². The molecule has 1 aromatic carbocycles. The standard InChI is InChI=1S/C16H17NO3/c1-9-7-13-14(8-9)16(20)17(15(13)19)12-5-3-11(4-6-12)10(2)18/h3-6,9,13-14H,7-8H2,1-2H3. The minimum Gasteiger partial charge on any atom is -0.295 e. The van der Waals surface area contributed by atoms with Crippen LogP contribution in [0.4, 0.5) is 5.69 Å². The summed E-state index contributed by atoms with van der Waals surface area (Å²) in [5.41, 5.74) is 1.16. The van der Waals surface area contributed by atoms with E-state index in [1.165, 1.54) is 11.8 Å². The summed E-state index contributed by atoms with van der Waals surface area (Å²) in [6.07, 6.45) is 1.61. The first-order valence-electron chi connectivity index (χ1n) is 6.98. The minimum atomic E-state index is -0.148. The molecular weight excluding hydrogens is 254 g/mol. The van der Waals surface area contributed by atoms with E-state index in [4.69, 9.17) is 0 Å². The van der Waals surface area contributed by atoms with Crippen molar-refractivity contribution in [2.45, 2.75) is 26.7 Å². The van der Waals surface area contributed by atoms with E-state index in [0.717, 1.165) is 12.8 Å². The van der Waals surface area contributed by atoms with Crippen LogP contribution in [0.5, 0.6) is 0 Å². The second-order valence-electron chi connectivity index (χ2n) is 5.90. The average Bonchev–Trinajstić information content (AvgIpc) is 2.90. The second-order valence-corrected chi connectivity index (χ2v) is 5.90. The number of carbonyl (C=O) groups excluding carboxylic acids is 3. The molecule has 0 bridgehead atoms. The van der Waals surface area contributed by atoms with E-state index >= 15 is 0 Å². The minimum absolute atomic E-state index is 0.0266. The third-order valence-electron chi connectivity index (χ3n) is 4.41. The first-order valence-corrected chi connectivity index (χ1v) is 6.98. The third kappa shape index (κ3) is 1.87. The van der Waals surface area contributed by atoms with E-state index in [1.807, 2.05) is 0 Å². The number of anilines is 1. The summed E-state index contributed by atoms with van der Waals surface area (Å²) in [5.74, 6) is -0.0451. The maximum absolute atomic E-state index is 12.4. The molecule has 0 radical (unpaired) electrons. The number of imide groups is 1. The predicted octanol–water partition coefficient (Wildman–Crippen LogP) is 2.42. The first-order chi connectivity index (χ1) is 9.49. The largest absolute Gasteiger partial charge is 0.295 e. The van der Waals surface area contributed by atoms with Gasteiger partial charge in [-0.1, -0.05) is 6.92 Å². The van der Waals surface area contributed by atoms with Crippen LogP contribution in [0, 0.1) is 17.8 Å². The molecule has 1 saturated heterocycles. The lowest BCUT2D eigenvalue weighted by Crippen LogP contribution is -2.32. The molecule has 20 heavy (non-hydrogen) atoms.